The Kier molecular flexibility index (Phi) is 2.98. The molecule has 0 saturated carbocycles. The van der Waals surface area contributed by atoms with E-state index >= 15 is 0 Å². The number of aliphatic hydroxyl groups excluding tert-OH is 1. The van der Waals surface area contributed by atoms with Crippen molar-refractivity contribution in [3.05, 3.63) is 33.7 Å². The lowest BCUT2D eigenvalue weighted by atomic mass is 10.1. The molecule has 2 aromatic rings. The Hall–Kier alpha value is -0.280. The molecule has 0 amide bonds. The quantitative estimate of drug-likeness (QED) is 0.800. The van der Waals surface area contributed by atoms with Gasteiger partial charge in [0, 0.05) is 10.3 Å². The second kappa shape index (κ2) is 4.07. The molecule has 74 valence electrons. The fourth-order valence-corrected chi connectivity index (χ4v) is 3.24. The molecule has 0 fully saturated rings. The van der Waals surface area contributed by atoms with E-state index in [9.17, 15) is 0 Å². The third kappa shape index (κ3) is 1.63. The lowest BCUT2D eigenvalue weighted by molar-refractivity contribution is 0.282. The third-order valence-corrected chi connectivity index (χ3v) is 3.83. The molecule has 0 radical (unpaired) electrons. The van der Waals surface area contributed by atoms with Gasteiger partial charge < -0.3 is 5.11 Å². The first kappa shape index (κ1) is 10.2. The highest BCUT2D eigenvalue weighted by molar-refractivity contribution is 7.23. The van der Waals surface area contributed by atoms with Crippen LogP contribution in [0.5, 0.6) is 0 Å². The van der Waals surface area contributed by atoms with Crippen molar-refractivity contribution in [2.45, 2.75) is 12.5 Å². The average molecular weight is 247 g/mol. The minimum atomic E-state index is 0.0572. The highest BCUT2D eigenvalue weighted by atomic mass is 35.5. The predicted octanol–water partition coefficient (Wildman–Crippen LogP) is 3.79. The number of alkyl halides is 1. The summed E-state index contributed by atoms with van der Waals surface area (Å²) in [4.78, 5) is 0. The molecule has 0 aliphatic rings. The monoisotopic (exact) mass is 246 g/mol. The standard InChI is InChI=1S/C10H8Cl2OS/c11-4-8-7-2-1-6(5-13)3-9(7)14-10(8)12/h1-3,13H,4-5H2. The van der Waals surface area contributed by atoms with Crippen LogP contribution >= 0.6 is 34.5 Å². The van der Waals surface area contributed by atoms with Gasteiger partial charge in [-0.1, -0.05) is 23.7 Å². The van der Waals surface area contributed by atoms with Crippen LogP contribution in [0.4, 0.5) is 0 Å². The van der Waals surface area contributed by atoms with Gasteiger partial charge in [0.1, 0.15) is 0 Å². The van der Waals surface area contributed by atoms with Crippen LogP contribution < -0.4 is 0 Å². The third-order valence-electron chi connectivity index (χ3n) is 2.12. The number of halogens is 2. The summed E-state index contributed by atoms with van der Waals surface area (Å²) in [7, 11) is 0. The molecule has 0 unspecified atom stereocenters. The minimum Gasteiger partial charge on any atom is -0.392 e. The van der Waals surface area contributed by atoms with E-state index < -0.39 is 0 Å². The first-order valence-corrected chi connectivity index (χ1v) is 5.85. The Balaban J connectivity index is 2.68. The second-order valence-corrected chi connectivity index (χ2v) is 4.90. The summed E-state index contributed by atoms with van der Waals surface area (Å²) in [6, 6.07) is 5.80. The number of thiophene rings is 1. The SMILES string of the molecule is OCc1ccc2c(CCl)c(Cl)sc2c1. The summed E-state index contributed by atoms with van der Waals surface area (Å²) < 4.78 is 1.82. The zero-order valence-corrected chi connectivity index (χ0v) is 9.59. The van der Waals surface area contributed by atoms with E-state index in [0.717, 1.165) is 25.5 Å². The van der Waals surface area contributed by atoms with Crippen LogP contribution in [-0.4, -0.2) is 5.11 Å². The zero-order valence-electron chi connectivity index (χ0n) is 7.26. The largest absolute Gasteiger partial charge is 0.392 e. The van der Waals surface area contributed by atoms with Gasteiger partial charge in [0.25, 0.3) is 0 Å². The molecule has 0 aliphatic heterocycles. The Bertz CT molecular complexity index is 464. The normalized spacial score (nSPS) is 11.1. The van der Waals surface area contributed by atoms with Crippen molar-refractivity contribution in [2.75, 3.05) is 0 Å². The van der Waals surface area contributed by atoms with E-state index in [1.165, 1.54) is 11.3 Å². The van der Waals surface area contributed by atoms with Crippen LogP contribution in [0.25, 0.3) is 10.1 Å². The van der Waals surface area contributed by atoms with E-state index in [2.05, 4.69) is 0 Å². The maximum atomic E-state index is 8.98. The van der Waals surface area contributed by atoms with Crippen LogP contribution in [-0.2, 0) is 12.5 Å². The van der Waals surface area contributed by atoms with Crippen LogP contribution in [0.2, 0.25) is 4.34 Å². The van der Waals surface area contributed by atoms with E-state index in [1.54, 1.807) is 0 Å². The van der Waals surface area contributed by atoms with Crippen LogP contribution in [0.1, 0.15) is 11.1 Å². The topological polar surface area (TPSA) is 20.2 Å². The summed E-state index contributed by atoms with van der Waals surface area (Å²) in [6.07, 6.45) is 0. The predicted molar refractivity (Wildman–Crippen MR) is 62.3 cm³/mol. The molecule has 0 aliphatic carbocycles. The van der Waals surface area contributed by atoms with Gasteiger partial charge in [-0.2, -0.15) is 0 Å². The lowest BCUT2D eigenvalue weighted by Gasteiger charge is -1.96. The average Bonchev–Trinajstić information content (AvgIpc) is 2.51. The van der Waals surface area contributed by atoms with Crippen molar-refractivity contribution in [3.8, 4) is 0 Å². The lowest BCUT2D eigenvalue weighted by Crippen LogP contribution is -1.81. The van der Waals surface area contributed by atoms with E-state index in [-0.39, 0.29) is 6.61 Å². The van der Waals surface area contributed by atoms with Crippen molar-refractivity contribution < 1.29 is 5.11 Å². The molecule has 4 heteroatoms. The fourth-order valence-electron chi connectivity index (χ4n) is 1.39. The second-order valence-electron chi connectivity index (χ2n) is 2.98. The number of rotatable bonds is 2. The summed E-state index contributed by atoms with van der Waals surface area (Å²) in [5, 5.41) is 10.1. The first-order valence-electron chi connectivity index (χ1n) is 4.13. The summed E-state index contributed by atoms with van der Waals surface area (Å²) in [6.45, 7) is 0.0572. The van der Waals surface area contributed by atoms with Crippen LogP contribution in [0.15, 0.2) is 18.2 Å². The van der Waals surface area contributed by atoms with E-state index in [0.29, 0.717) is 5.88 Å². The molecule has 1 aromatic carbocycles. The molecule has 1 heterocycles. The molecular formula is C10H8Cl2OS. The molecule has 0 bridgehead atoms. The van der Waals surface area contributed by atoms with E-state index in [1.807, 2.05) is 18.2 Å². The molecule has 14 heavy (non-hydrogen) atoms. The smallest absolute Gasteiger partial charge is 0.0984 e. The first-order chi connectivity index (χ1) is 6.76. The van der Waals surface area contributed by atoms with Crippen LogP contribution in [0.3, 0.4) is 0 Å². The fraction of sp³-hybridized carbons (Fsp3) is 0.200. The van der Waals surface area contributed by atoms with Gasteiger partial charge in [0.15, 0.2) is 0 Å². The molecule has 1 nitrogen and oxygen atoms in total. The maximum Gasteiger partial charge on any atom is 0.0984 e. The maximum absolute atomic E-state index is 8.98. The minimum absolute atomic E-state index is 0.0572. The Morgan fingerprint density at radius 3 is 2.79 bits per heavy atom. The molecule has 0 spiro atoms. The van der Waals surface area contributed by atoms with E-state index in [4.69, 9.17) is 28.3 Å². The van der Waals surface area contributed by atoms with Crippen molar-refractivity contribution in [3.63, 3.8) is 0 Å². The summed E-state index contributed by atoms with van der Waals surface area (Å²) in [5.41, 5.74) is 1.88. The Morgan fingerprint density at radius 2 is 2.14 bits per heavy atom. The number of fused-ring (bicyclic) bond motifs is 1. The number of hydrogen-bond acceptors (Lipinski definition) is 2. The number of aliphatic hydroxyl groups is 1. The van der Waals surface area contributed by atoms with Crippen molar-refractivity contribution in [1.82, 2.24) is 0 Å². The van der Waals surface area contributed by atoms with Gasteiger partial charge in [-0.25, -0.2) is 0 Å². The molecule has 2 rings (SSSR count). The van der Waals surface area contributed by atoms with Gasteiger partial charge >= 0.3 is 0 Å². The van der Waals surface area contributed by atoms with Gasteiger partial charge in [-0.15, -0.1) is 22.9 Å². The van der Waals surface area contributed by atoms with Gasteiger partial charge in [-0.3, -0.25) is 0 Å². The molecular weight excluding hydrogens is 239 g/mol. The van der Waals surface area contributed by atoms with Crippen molar-refractivity contribution in [1.29, 1.82) is 0 Å². The van der Waals surface area contributed by atoms with Crippen molar-refractivity contribution in [2.24, 2.45) is 0 Å². The van der Waals surface area contributed by atoms with Gasteiger partial charge in [-0.05, 0) is 17.0 Å². The molecule has 0 atom stereocenters. The molecule has 0 saturated heterocycles. The summed E-state index contributed by atoms with van der Waals surface area (Å²) >= 11 is 13.3. The highest BCUT2D eigenvalue weighted by Crippen LogP contribution is 2.36. The zero-order chi connectivity index (χ0) is 10.1. The number of benzene rings is 1. The van der Waals surface area contributed by atoms with Gasteiger partial charge in [0.05, 0.1) is 16.8 Å². The Morgan fingerprint density at radius 1 is 1.36 bits per heavy atom. The van der Waals surface area contributed by atoms with Crippen molar-refractivity contribution >= 4 is 44.6 Å². The molecule has 1 N–H and O–H groups in total. The summed E-state index contributed by atoms with van der Waals surface area (Å²) in [5.74, 6) is 0.428. The molecule has 1 aromatic heterocycles. The van der Waals surface area contributed by atoms with Crippen LogP contribution in [0, 0.1) is 0 Å². The number of hydrogen-bond donors (Lipinski definition) is 1. The van der Waals surface area contributed by atoms with Gasteiger partial charge in [0.2, 0.25) is 0 Å². The highest BCUT2D eigenvalue weighted by Gasteiger charge is 2.09. The Labute approximate surface area is 95.9 Å².